The molecular formula is C57H38N4. The summed E-state index contributed by atoms with van der Waals surface area (Å²) in [7, 11) is 0. The van der Waals surface area contributed by atoms with Crippen LogP contribution in [0.5, 0.6) is 0 Å². The number of para-hydroxylation sites is 2. The van der Waals surface area contributed by atoms with E-state index in [-0.39, 0.29) is 5.84 Å². The van der Waals surface area contributed by atoms with Crippen molar-refractivity contribution in [2.75, 3.05) is 0 Å². The molecule has 1 N–H and O–H groups in total. The van der Waals surface area contributed by atoms with Gasteiger partial charge in [-0.25, -0.2) is 4.99 Å². The molecule has 61 heavy (non-hydrogen) atoms. The molecule has 0 spiro atoms. The Bertz CT molecular complexity index is 3740. The molecule has 12 rings (SSSR count). The first-order valence-electron chi connectivity index (χ1n) is 20.8. The van der Waals surface area contributed by atoms with Crippen LogP contribution in [0.2, 0.25) is 0 Å². The molecule has 286 valence electrons. The van der Waals surface area contributed by atoms with E-state index >= 15 is 0 Å². The second kappa shape index (κ2) is 14.0. The van der Waals surface area contributed by atoms with Gasteiger partial charge in [0.25, 0.3) is 0 Å². The molecule has 0 unspecified atom stereocenters. The van der Waals surface area contributed by atoms with Crippen molar-refractivity contribution in [2.45, 2.75) is 6.42 Å². The van der Waals surface area contributed by atoms with E-state index in [1.165, 1.54) is 59.6 Å². The number of nitrogens with one attached hydrogen (secondary N) is 1. The lowest BCUT2D eigenvalue weighted by Crippen LogP contribution is -2.10. The number of nitrogens with zero attached hydrogens (tertiary/aromatic N) is 3. The van der Waals surface area contributed by atoms with Crippen molar-refractivity contribution in [1.29, 1.82) is 5.41 Å². The molecule has 4 heteroatoms. The number of hydrogen-bond acceptors (Lipinski definition) is 1. The minimum atomic E-state index is 0.253. The van der Waals surface area contributed by atoms with Crippen molar-refractivity contribution in [3.05, 3.63) is 229 Å². The van der Waals surface area contributed by atoms with Crippen molar-refractivity contribution in [1.82, 2.24) is 9.13 Å². The van der Waals surface area contributed by atoms with Crippen LogP contribution in [0.25, 0.3) is 87.3 Å². The Balaban J connectivity index is 1.07. The molecule has 2 heterocycles. The smallest absolute Gasteiger partial charge is 0.152 e. The molecule has 0 amide bonds. The van der Waals surface area contributed by atoms with E-state index in [4.69, 9.17) is 10.4 Å². The Morgan fingerprint density at radius 3 is 1.85 bits per heavy atom. The van der Waals surface area contributed by atoms with Gasteiger partial charge in [0.05, 0.1) is 33.5 Å². The summed E-state index contributed by atoms with van der Waals surface area (Å²) in [5, 5.41) is 21.2. The minimum absolute atomic E-state index is 0.253. The number of amidine groups is 1. The molecule has 10 aromatic carbocycles. The molecule has 0 radical (unpaired) electrons. The lowest BCUT2D eigenvalue weighted by molar-refractivity contribution is 1.18. The van der Waals surface area contributed by atoms with Gasteiger partial charge < -0.3 is 9.13 Å². The van der Waals surface area contributed by atoms with E-state index in [1.807, 2.05) is 30.3 Å². The third kappa shape index (κ3) is 5.68. The first-order chi connectivity index (χ1) is 30.2. The van der Waals surface area contributed by atoms with Gasteiger partial charge in [-0.05, 0) is 86.6 Å². The van der Waals surface area contributed by atoms with Gasteiger partial charge in [0.15, 0.2) is 5.84 Å². The maximum atomic E-state index is 9.06. The van der Waals surface area contributed by atoms with Gasteiger partial charge >= 0.3 is 0 Å². The van der Waals surface area contributed by atoms with Crippen LogP contribution in [0.1, 0.15) is 16.7 Å². The first-order valence-corrected chi connectivity index (χ1v) is 20.8. The van der Waals surface area contributed by atoms with E-state index in [9.17, 15) is 0 Å². The van der Waals surface area contributed by atoms with Crippen LogP contribution in [0.3, 0.4) is 0 Å². The molecule has 2 aromatic heterocycles. The van der Waals surface area contributed by atoms with Gasteiger partial charge in [-0.3, -0.25) is 5.41 Å². The average molecular weight is 779 g/mol. The Morgan fingerprint density at radius 2 is 1.02 bits per heavy atom. The second-order valence-electron chi connectivity index (χ2n) is 15.9. The normalized spacial score (nSPS) is 12.2. The van der Waals surface area contributed by atoms with Gasteiger partial charge in [0, 0.05) is 44.6 Å². The van der Waals surface area contributed by atoms with Gasteiger partial charge in [-0.2, -0.15) is 0 Å². The van der Waals surface area contributed by atoms with E-state index < -0.39 is 0 Å². The molecule has 12 aromatic rings. The summed E-state index contributed by atoms with van der Waals surface area (Å²) in [6.07, 6.45) is 0.597. The van der Waals surface area contributed by atoms with E-state index in [0.717, 1.165) is 50.1 Å². The predicted octanol–water partition coefficient (Wildman–Crippen LogP) is 14.4. The summed E-state index contributed by atoms with van der Waals surface area (Å²) in [6.45, 7) is 0. The number of fused-ring (bicyclic) bond motifs is 11. The molecule has 0 saturated heterocycles. The van der Waals surface area contributed by atoms with Crippen LogP contribution in [-0.4, -0.2) is 20.7 Å². The molecule has 0 aliphatic heterocycles. The van der Waals surface area contributed by atoms with Crippen LogP contribution in [-0.2, 0) is 6.42 Å². The lowest BCUT2D eigenvalue weighted by Gasteiger charge is -2.14. The van der Waals surface area contributed by atoms with Crippen molar-refractivity contribution < 1.29 is 0 Å². The van der Waals surface area contributed by atoms with Gasteiger partial charge in [0.2, 0.25) is 0 Å². The summed E-state index contributed by atoms with van der Waals surface area (Å²) >= 11 is 0. The van der Waals surface area contributed by atoms with Crippen molar-refractivity contribution >= 4 is 87.5 Å². The quantitative estimate of drug-likeness (QED) is 0.129. The largest absolute Gasteiger partial charge is 0.309 e. The molecule has 0 aliphatic rings. The van der Waals surface area contributed by atoms with Crippen molar-refractivity contribution in [3.8, 4) is 11.4 Å². The molecule has 0 bridgehead atoms. The van der Waals surface area contributed by atoms with Crippen LogP contribution in [0.4, 0.5) is 0 Å². The first kappa shape index (κ1) is 34.9. The molecule has 0 saturated carbocycles. The van der Waals surface area contributed by atoms with Gasteiger partial charge in [-0.15, -0.1) is 0 Å². The summed E-state index contributed by atoms with van der Waals surface area (Å²) in [6, 6.07) is 75.7. The zero-order valence-corrected chi connectivity index (χ0v) is 33.3. The fourth-order valence-electron chi connectivity index (χ4n) is 9.63. The zero-order valence-electron chi connectivity index (χ0n) is 33.3. The third-order valence-corrected chi connectivity index (χ3v) is 12.4. The summed E-state index contributed by atoms with van der Waals surface area (Å²) in [5.41, 5.74) is 10.8. The highest BCUT2D eigenvalue weighted by Gasteiger charge is 2.22. The van der Waals surface area contributed by atoms with Crippen LogP contribution < -0.4 is 0 Å². The van der Waals surface area contributed by atoms with E-state index in [2.05, 4.69) is 191 Å². The van der Waals surface area contributed by atoms with Crippen molar-refractivity contribution in [2.24, 2.45) is 4.99 Å². The Morgan fingerprint density at radius 1 is 0.393 bits per heavy atom. The average Bonchev–Trinajstić information content (AvgIpc) is 3.84. The molecule has 0 fully saturated rings. The fraction of sp³-hybridized carbons (Fsp3) is 0.0175. The molecule has 0 atom stereocenters. The SMILES string of the molecule is N=C(N=C(Cc1ccc2ccccc2c1)c1ccc2c(-n3c4ccccc4c4c5c6c7ccccc7ccc6n(-c6ccccc6)c5ccc43)cccc2c1)c1ccccc1. The highest BCUT2D eigenvalue weighted by atomic mass is 15.0. The highest BCUT2D eigenvalue weighted by Crippen LogP contribution is 2.45. The maximum Gasteiger partial charge on any atom is 0.152 e. The fourth-order valence-corrected chi connectivity index (χ4v) is 9.63. The monoisotopic (exact) mass is 778 g/mol. The predicted molar refractivity (Wildman–Crippen MR) is 258 cm³/mol. The summed E-state index contributed by atoms with van der Waals surface area (Å²) < 4.78 is 4.88. The van der Waals surface area contributed by atoms with Gasteiger partial charge in [0.1, 0.15) is 0 Å². The number of rotatable bonds is 6. The number of aliphatic imine (C=N–C) groups is 1. The molecule has 4 nitrogen and oxygen atoms in total. The Kier molecular flexibility index (Phi) is 8.04. The van der Waals surface area contributed by atoms with Crippen molar-refractivity contribution in [3.63, 3.8) is 0 Å². The number of benzene rings is 10. The van der Waals surface area contributed by atoms with Gasteiger partial charge in [-0.1, -0.05) is 164 Å². The molecular weight excluding hydrogens is 741 g/mol. The minimum Gasteiger partial charge on any atom is -0.309 e. The summed E-state index contributed by atoms with van der Waals surface area (Å²) in [5.74, 6) is 0.253. The van der Waals surface area contributed by atoms with Crippen LogP contribution in [0.15, 0.2) is 217 Å². The van der Waals surface area contributed by atoms with E-state index in [0.29, 0.717) is 6.42 Å². The second-order valence-corrected chi connectivity index (χ2v) is 15.9. The maximum absolute atomic E-state index is 9.06. The number of hydrogen-bond donors (Lipinski definition) is 1. The molecule has 0 aliphatic carbocycles. The van der Waals surface area contributed by atoms with Crippen LogP contribution >= 0.6 is 0 Å². The van der Waals surface area contributed by atoms with Crippen LogP contribution in [0, 0.1) is 5.41 Å². The topological polar surface area (TPSA) is 46.1 Å². The Labute approximate surface area is 352 Å². The third-order valence-electron chi connectivity index (χ3n) is 12.4. The highest BCUT2D eigenvalue weighted by molar-refractivity contribution is 6.33. The standard InChI is InChI=1S/C57H38N4/c58-57(40-16-3-1-4-17-40)59-48(35-37-26-27-38-14-7-8-18-41(38)34-37)43-28-30-45-42(36-43)19-13-25-49(45)61-50-24-12-11-23-47(50)55-52(61)32-33-53-56(55)54-46-22-10-9-15-39(46)29-31-51(54)60(53)44-20-5-2-6-21-44/h1-34,36,58H,35H2. The Hall–Kier alpha value is -8.08. The lowest BCUT2D eigenvalue weighted by atomic mass is 9.97. The summed E-state index contributed by atoms with van der Waals surface area (Å²) in [4.78, 5) is 5.05. The van der Waals surface area contributed by atoms with E-state index in [1.54, 1.807) is 0 Å². The number of aromatic nitrogens is 2. The zero-order chi connectivity index (χ0) is 40.4.